The number of rotatable bonds is 4. The lowest BCUT2D eigenvalue weighted by atomic mass is 9.82. The van der Waals surface area contributed by atoms with E-state index in [2.05, 4.69) is 5.32 Å². The maximum Gasteiger partial charge on any atom is 0.341 e. The molecular formula is C18H18NO5S-. The molecule has 3 aliphatic rings. The molecule has 1 heterocycles. The monoisotopic (exact) mass is 360 g/mol. The number of amides is 1. The molecule has 132 valence electrons. The van der Waals surface area contributed by atoms with Gasteiger partial charge in [-0.25, -0.2) is 4.79 Å². The second-order valence-electron chi connectivity index (χ2n) is 6.86. The van der Waals surface area contributed by atoms with Crippen LogP contribution in [-0.2, 0) is 27.2 Å². The Bertz CT molecular complexity index is 796. The molecule has 2 bridgehead atoms. The number of aryl methyl sites for hydroxylation is 1. The number of hydrogen-bond acceptors (Lipinski definition) is 6. The maximum atomic E-state index is 12.8. The summed E-state index contributed by atoms with van der Waals surface area (Å²) >= 11 is 1.40. The molecule has 0 unspecified atom stereocenters. The van der Waals surface area contributed by atoms with Crippen molar-refractivity contribution in [2.75, 3.05) is 12.4 Å². The highest BCUT2D eigenvalue weighted by Crippen LogP contribution is 2.48. The van der Waals surface area contributed by atoms with E-state index in [1.54, 1.807) is 0 Å². The summed E-state index contributed by atoms with van der Waals surface area (Å²) in [6.07, 6.45) is 7.13. The van der Waals surface area contributed by atoms with Crippen molar-refractivity contribution < 1.29 is 24.2 Å². The first-order chi connectivity index (χ1) is 12.0. The third kappa shape index (κ3) is 2.49. The average Bonchev–Trinajstić information content (AvgIpc) is 3.32. The lowest BCUT2D eigenvalue weighted by molar-refractivity contribution is -0.313. The van der Waals surface area contributed by atoms with E-state index in [9.17, 15) is 19.5 Å². The third-order valence-electron chi connectivity index (χ3n) is 5.58. The Morgan fingerprint density at radius 2 is 1.92 bits per heavy atom. The van der Waals surface area contributed by atoms with E-state index in [1.807, 2.05) is 12.2 Å². The van der Waals surface area contributed by atoms with Gasteiger partial charge >= 0.3 is 5.97 Å². The summed E-state index contributed by atoms with van der Waals surface area (Å²) in [6.45, 7) is 0. The third-order valence-corrected chi connectivity index (χ3v) is 6.79. The molecule has 1 aromatic heterocycles. The standard InChI is InChI=1S/C18H19NO5S/c1-24-18(23)14-10-3-2-4-11(10)25-16(14)19-15(20)12-8-5-6-9(7-8)13(12)17(21)22/h5-6,8-9,12-13H,2-4,7H2,1H3,(H,19,20)(H,21,22)/p-1/t8-,9+,12+,13+/m1/s1. The fraction of sp³-hybridized carbons (Fsp3) is 0.500. The molecule has 3 aliphatic carbocycles. The SMILES string of the molecule is COC(=O)c1c(NC(=O)[C@@H]2[C@@H](C(=O)[O-])[C@H]3C=C[C@@H]2C3)sc2c1CCC2. The first-order valence-electron chi connectivity index (χ1n) is 8.44. The molecular weight excluding hydrogens is 342 g/mol. The van der Waals surface area contributed by atoms with Gasteiger partial charge in [-0.3, -0.25) is 4.79 Å². The van der Waals surface area contributed by atoms with Gasteiger partial charge in [0.1, 0.15) is 5.00 Å². The van der Waals surface area contributed by atoms with Crippen LogP contribution in [0, 0.1) is 23.7 Å². The Hall–Kier alpha value is -2.15. The fourth-order valence-electron chi connectivity index (χ4n) is 4.51. The van der Waals surface area contributed by atoms with E-state index in [0.29, 0.717) is 17.0 Å². The van der Waals surface area contributed by atoms with Gasteiger partial charge in [0.05, 0.1) is 18.6 Å². The van der Waals surface area contributed by atoms with Crippen LogP contribution >= 0.6 is 11.3 Å². The zero-order valence-corrected chi connectivity index (χ0v) is 14.6. The predicted molar refractivity (Wildman–Crippen MR) is 89.0 cm³/mol. The quantitative estimate of drug-likeness (QED) is 0.642. The lowest BCUT2D eigenvalue weighted by Crippen LogP contribution is -2.42. The zero-order chi connectivity index (χ0) is 17.7. The molecule has 1 amide bonds. The molecule has 7 heteroatoms. The predicted octanol–water partition coefficient (Wildman–Crippen LogP) is 1.15. The lowest BCUT2D eigenvalue weighted by Gasteiger charge is -2.27. The number of methoxy groups -OCH3 is 1. The van der Waals surface area contributed by atoms with Crippen molar-refractivity contribution in [3.05, 3.63) is 28.2 Å². The summed E-state index contributed by atoms with van der Waals surface area (Å²) in [5, 5.41) is 14.8. The number of carbonyl (C=O) groups is 3. The molecule has 1 fully saturated rings. The molecule has 1 saturated carbocycles. The van der Waals surface area contributed by atoms with Crippen LogP contribution in [0.1, 0.15) is 33.6 Å². The van der Waals surface area contributed by atoms with Gasteiger partial charge in [-0.15, -0.1) is 11.3 Å². The summed E-state index contributed by atoms with van der Waals surface area (Å²) in [4.78, 5) is 37.6. The average molecular weight is 360 g/mol. The summed E-state index contributed by atoms with van der Waals surface area (Å²) in [5.74, 6) is -3.67. The molecule has 6 nitrogen and oxygen atoms in total. The Morgan fingerprint density at radius 3 is 2.60 bits per heavy atom. The van der Waals surface area contributed by atoms with E-state index in [4.69, 9.17) is 4.74 Å². The summed E-state index contributed by atoms with van der Waals surface area (Å²) < 4.78 is 4.88. The van der Waals surface area contributed by atoms with Crippen LogP contribution in [0.2, 0.25) is 0 Å². The van der Waals surface area contributed by atoms with Gasteiger partial charge in [0.25, 0.3) is 0 Å². The normalized spacial score (nSPS) is 28.8. The van der Waals surface area contributed by atoms with E-state index in [-0.39, 0.29) is 17.7 Å². The second kappa shape index (κ2) is 5.98. The van der Waals surface area contributed by atoms with Crippen molar-refractivity contribution in [2.45, 2.75) is 25.7 Å². The molecule has 0 saturated heterocycles. The molecule has 0 aliphatic heterocycles. The van der Waals surface area contributed by atoms with E-state index in [0.717, 1.165) is 29.7 Å². The minimum Gasteiger partial charge on any atom is -0.550 e. The van der Waals surface area contributed by atoms with Crippen LogP contribution in [0.4, 0.5) is 5.00 Å². The Kier molecular flexibility index (Phi) is 3.91. The number of carbonyl (C=O) groups excluding carboxylic acids is 3. The molecule has 4 atom stereocenters. The van der Waals surface area contributed by atoms with Crippen LogP contribution in [-0.4, -0.2) is 25.0 Å². The fourth-order valence-corrected chi connectivity index (χ4v) is 5.79. The zero-order valence-electron chi connectivity index (χ0n) is 13.7. The van der Waals surface area contributed by atoms with E-state index >= 15 is 0 Å². The minimum atomic E-state index is -1.18. The summed E-state index contributed by atoms with van der Waals surface area (Å²) in [6, 6.07) is 0. The number of carboxylic acids is 1. The molecule has 1 N–H and O–H groups in total. The van der Waals surface area contributed by atoms with Crippen molar-refractivity contribution >= 4 is 34.2 Å². The van der Waals surface area contributed by atoms with Crippen molar-refractivity contribution in [3.8, 4) is 0 Å². The van der Waals surface area contributed by atoms with Gasteiger partial charge < -0.3 is 20.0 Å². The van der Waals surface area contributed by atoms with Gasteiger partial charge in [-0.2, -0.15) is 0 Å². The largest absolute Gasteiger partial charge is 0.550 e. The molecule has 0 aromatic carbocycles. The number of allylic oxidation sites excluding steroid dienone is 2. The van der Waals surface area contributed by atoms with Crippen molar-refractivity contribution in [2.24, 2.45) is 23.7 Å². The smallest absolute Gasteiger partial charge is 0.341 e. The van der Waals surface area contributed by atoms with Crippen molar-refractivity contribution in [1.82, 2.24) is 0 Å². The van der Waals surface area contributed by atoms with Gasteiger partial charge in [0, 0.05) is 16.8 Å². The van der Waals surface area contributed by atoms with Gasteiger partial charge in [-0.1, -0.05) is 12.2 Å². The summed E-state index contributed by atoms with van der Waals surface area (Å²) in [5.41, 5.74) is 1.38. The number of carboxylic acid groups (broad SMARTS) is 1. The van der Waals surface area contributed by atoms with Crippen LogP contribution in [0.25, 0.3) is 0 Å². The van der Waals surface area contributed by atoms with E-state index in [1.165, 1.54) is 18.4 Å². The first kappa shape index (κ1) is 16.3. The Morgan fingerprint density at radius 1 is 1.20 bits per heavy atom. The highest BCUT2D eigenvalue weighted by atomic mass is 32.1. The number of anilines is 1. The van der Waals surface area contributed by atoms with Gasteiger partial charge in [0.15, 0.2) is 0 Å². The molecule has 0 radical (unpaired) electrons. The number of esters is 1. The van der Waals surface area contributed by atoms with E-state index < -0.39 is 23.8 Å². The Labute approximate surface area is 148 Å². The highest BCUT2D eigenvalue weighted by molar-refractivity contribution is 7.17. The topological polar surface area (TPSA) is 95.5 Å². The molecule has 25 heavy (non-hydrogen) atoms. The number of ether oxygens (including phenoxy) is 1. The maximum absolute atomic E-state index is 12.8. The second-order valence-corrected chi connectivity index (χ2v) is 7.97. The van der Waals surface area contributed by atoms with Crippen molar-refractivity contribution in [3.63, 3.8) is 0 Å². The van der Waals surface area contributed by atoms with Gasteiger partial charge in [-0.05, 0) is 43.1 Å². The number of hydrogen-bond donors (Lipinski definition) is 1. The number of nitrogens with one attached hydrogen (secondary N) is 1. The van der Waals surface area contributed by atoms with Crippen LogP contribution in [0.5, 0.6) is 0 Å². The minimum absolute atomic E-state index is 0.0821. The molecule has 4 rings (SSSR count). The molecule has 0 spiro atoms. The van der Waals surface area contributed by atoms with Crippen molar-refractivity contribution in [1.29, 1.82) is 0 Å². The molecule has 1 aromatic rings. The number of thiophene rings is 1. The number of fused-ring (bicyclic) bond motifs is 3. The number of aliphatic carboxylic acids is 1. The Balaban J connectivity index is 1.63. The van der Waals surface area contributed by atoms with Crippen LogP contribution in [0.3, 0.4) is 0 Å². The van der Waals surface area contributed by atoms with Gasteiger partial charge in [0.2, 0.25) is 5.91 Å². The summed E-state index contributed by atoms with van der Waals surface area (Å²) in [7, 11) is 1.32. The highest BCUT2D eigenvalue weighted by Gasteiger charge is 2.49. The first-order valence-corrected chi connectivity index (χ1v) is 9.25. The van der Waals surface area contributed by atoms with Crippen LogP contribution in [0.15, 0.2) is 12.2 Å². The van der Waals surface area contributed by atoms with Crippen LogP contribution < -0.4 is 10.4 Å².